The molecule has 1 unspecified atom stereocenters. The molecule has 0 N–H and O–H groups in total. The number of carbonyl (C=O) groups is 1. The molecule has 1 saturated heterocycles. The highest BCUT2D eigenvalue weighted by Crippen LogP contribution is 2.34. The highest BCUT2D eigenvalue weighted by molar-refractivity contribution is 5.78. The topological polar surface area (TPSA) is 59.3 Å². The zero-order valence-corrected chi connectivity index (χ0v) is 22.9. The predicted octanol–water partition coefficient (Wildman–Crippen LogP) is 5.04. The molecule has 7 heteroatoms. The molecule has 1 atom stereocenters. The van der Waals surface area contributed by atoms with Crippen molar-refractivity contribution in [2.45, 2.75) is 19.3 Å². The van der Waals surface area contributed by atoms with Crippen molar-refractivity contribution in [3.8, 4) is 11.5 Å². The van der Waals surface area contributed by atoms with Crippen molar-refractivity contribution in [1.82, 2.24) is 19.2 Å². The number of aryl methyl sites for hydroxylation is 1. The third-order valence-corrected chi connectivity index (χ3v) is 7.41. The molecule has 0 saturated carbocycles. The van der Waals surface area contributed by atoms with E-state index in [1.807, 2.05) is 53.7 Å². The third-order valence-electron chi connectivity index (χ3n) is 7.41. The zero-order valence-electron chi connectivity index (χ0n) is 22.9. The Morgan fingerprint density at radius 3 is 2.38 bits per heavy atom. The van der Waals surface area contributed by atoms with Crippen LogP contribution in [-0.4, -0.2) is 72.0 Å². The van der Waals surface area contributed by atoms with Gasteiger partial charge in [-0.2, -0.15) is 0 Å². The van der Waals surface area contributed by atoms with Gasteiger partial charge in [0.05, 0.1) is 19.9 Å². The number of fused-ring (bicyclic) bond motifs is 1. The summed E-state index contributed by atoms with van der Waals surface area (Å²) in [5.41, 5.74) is 5.15. The molecule has 1 amide bonds. The molecule has 4 aromatic rings. The van der Waals surface area contributed by atoms with E-state index in [0.29, 0.717) is 17.9 Å². The van der Waals surface area contributed by atoms with Gasteiger partial charge in [-0.15, -0.1) is 0 Å². The van der Waals surface area contributed by atoms with Gasteiger partial charge in [-0.25, -0.2) is 4.98 Å². The average Bonchev–Trinajstić information content (AvgIpc) is 3.39. The largest absolute Gasteiger partial charge is 0.497 e. The normalized spacial score (nSPS) is 15.1. The number of hydrogen-bond donors (Lipinski definition) is 0. The van der Waals surface area contributed by atoms with Crippen LogP contribution in [0.1, 0.15) is 34.7 Å². The van der Waals surface area contributed by atoms with Crippen LogP contribution < -0.4 is 9.47 Å². The summed E-state index contributed by atoms with van der Waals surface area (Å²) in [6.45, 7) is 6.09. The number of ether oxygens (including phenoxy) is 2. The highest BCUT2D eigenvalue weighted by atomic mass is 16.5. The minimum absolute atomic E-state index is 0.142. The monoisotopic (exact) mass is 524 g/mol. The van der Waals surface area contributed by atoms with Crippen LogP contribution in [0, 0.1) is 6.92 Å². The summed E-state index contributed by atoms with van der Waals surface area (Å²) in [5, 5.41) is 0. The SMILES string of the molecule is COc1cc(OC)cc(C(CC(=O)N2CCN(CC=Cc3ccccc3)CC2)c2cnc3cc(C)ccn23)c1. The van der Waals surface area contributed by atoms with Gasteiger partial charge in [0.1, 0.15) is 17.1 Å². The lowest BCUT2D eigenvalue weighted by atomic mass is 9.91. The maximum atomic E-state index is 13.7. The molecule has 1 aliphatic rings. The predicted molar refractivity (Wildman–Crippen MR) is 154 cm³/mol. The second-order valence-corrected chi connectivity index (χ2v) is 10.0. The number of rotatable bonds is 9. The Kier molecular flexibility index (Phi) is 8.27. The zero-order chi connectivity index (χ0) is 27.2. The summed E-state index contributed by atoms with van der Waals surface area (Å²) in [6.07, 6.45) is 8.61. The summed E-state index contributed by atoms with van der Waals surface area (Å²) < 4.78 is 13.2. The van der Waals surface area contributed by atoms with Crippen molar-refractivity contribution in [3.05, 3.63) is 102 Å². The van der Waals surface area contributed by atoms with E-state index < -0.39 is 0 Å². The van der Waals surface area contributed by atoms with Gasteiger partial charge in [-0.3, -0.25) is 9.69 Å². The standard InChI is InChI=1S/C32H36N4O3/c1-24-11-13-36-30(23-33-31(36)18-24)29(26-19-27(38-2)21-28(20-26)39-3)22-32(37)35-16-14-34(15-17-35)12-7-10-25-8-5-4-6-9-25/h4-11,13,18-21,23,29H,12,14-17,22H2,1-3H3. The molecule has 0 radical (unpaired) electrons. The number of nitrogens with zero attached hydrogens (tertiary/aromatic N) is 4. The number of hydrogen-bond acceptors (Lipinski definition) is 5. The maximum absolute atomic E-state index is 13.7. The molecule has 7 nitrogen and oxygen atoms in total. The number of piperazine rings is 1. The fourth-order valence-electron chi connectivity index (χ4n) is 5.17. The molecule has 3 heterocycles. The lowest BCUT2D eigenvalue weighted by Crippen LogP contribution is -2.48. The lowest BCUT2D eigenvalue weighted by Gasteiger charge is -2.35. The van der Waals surface area contributed by atoms with Gasteiger partial charge >= 0.3 is 0 Å². The summed E-state index contributed by atoms with van der Waals surface area (Å²) >= 11 is 0. The van der Waals surface area contributed by atoms with E-state index in [0.717, 1.165) is 55.2 Å². The fraction of sp³-hybridized carbons (Fsp3) is 0.312. The fourth-order valence-corrected chi connectivity index (χ4v) is 5.17. The quantitative estimate of drug-likeness (QED) is 0.307. The Morgan fingerprint density at radius 1 is 0.974 bits per heavy atom. The van der Waals surface area contributed by atoms with Crippen LogP contribution in [-0.2, 0) is 4.79 Å². The Hall–Kier alpha value is -4.10. The van der Waals surface area contributed by atoms with Gasteiger partial charge in [0.2, 0.25) is 5.91 Å². The van der Waals surface area contributed by atoms with Gasteiger partial charge in [0.15, 0.2) is 0 Å². The van der Waals surface area contributed by atoms with Gasteiger partial charge in [-0.05, 0) is 47.9 Å². The van der Waals surface area contributed by atoms with E-state index in [2.05, 4.69) is 57.6 Å². The minimum Gasteiger partial charge on any atom is -0.497 e. The first-order valence-electron chi connectivity index (χ1n) is 13.4. The first-order valence-corrected chi connectivity index (χ1v) is 13.4. The van der Waals surface area contributed by atoms with E-state index in [1.165, 1.54) is 5.56 Å². The van der Waals surface area contributed by atoms with Crippen LogP contribution in [0.25, 0.3) is 11.7 Å². The van der Waals surface area contributed by atoms with Crippen LogP contribution in [0.4, 0.5) is 0 Å². The Labute approximate surface area is 230 Å². The molecule has 202 valence electrons. The molecule has 0 aliphatic carbocycles. The summed E-state index contributed by atoms with van der Waals surface area (Å²) in [5.74, 6) is 1.33. The number of pyridine rings is 1. The van der Waals surface area contributed by atoms with Crippen molar-refractivity contribution < 1.29 is 14.3 Å². The van der Waals surface area contributed by atoms with Crippen molar-refractivity contribution >= 4 is 17.6 Å². The van der Waals surface area contributed by atoms with E-state index in [4.69, 9.17) is 9.47 Å². The van der Waals surface area contributed by atoms with Crippen LogP contribution >= 0.6 is 0 Å². The molecular weight excluding hydrogens is 488 g/mol. The molecule has 5 rings (SSSR count). The second-order valence-electron chi connectivity index (χ2n) is 10.0. The molecular formula is C32H36N4O3. The van der Waals surface area contributed by atoms with Crippen molar-refractivity contribution in [2.24, 2.45) is 0 Å². The van der Waals surface area contributed by atoms with Gasteiger partial charge < -0.3 is 18.8 Å². The number of benzene rings is 2. The molecule has 1 fully saturated rings. The number of carbonyl (C=O) groups excluding carboxylic acids is 1. The second kappa shape index (κ2) is 12.2. The Balaban J connectivity index is 1.32. The number of aromatic nitrogens is 2. The van der Waals surface area contributed by atoms with Crippen LogP contribution in [0.2, 0.25) is 0 Å². The average molecular weight is 525 g/mol. The Bertz CT molecular complexity index is 1420. The van der Waals surface area contributed by atoms with E-state index >= 15 is 0 Å². The van der Waals surface area contributed by atoms with Crippen molar-refractivity contribution in [3.63, 3.8) is 0 Å². The molecule has 0 spiro atoms. The highest BCUT2D eigenvalue weighted by Gasteiger charge is 2.27. The Morgan fingerprint density at radius 2 is 1.69 bits per heavy atom. The van der Waals surface area contributed by atoms with E-state index in [1.54, 1.807) is 14.2 Å². The molecule has 2 aromatic carbocycles. The number of imidazole rings is 1. The van der Waals surface area contributed by atoms with Crippen LogP contribution in [0.3, 0.4) is 0 Å². The van der Waals surface area contributed by atoms with Gasteiger partial charge in [-0.1, -0.05) is 42.5 Å². The molecule has 1 aliphatic heterocycles. The van der Waals surface area contributed by atoms with Gasteiger partial charge in [0, 0.05) is 63.5 Å². The van der Waals surface area contributed by atoms with E-state index in [-0.39, 0.29) is 11.8 Å². The smallest absolute Gasteiger partial charge is 0.223 e. The molecule has 39 heavy (non-hydrogen) atoms. The first kappa shape index (κ1) is 26.5. The maximum Gasteiger partial charge on any atom is 0.223 e. The van der Waals surface area contributed by atoms with E-state index in [9.17, 15) is 4.79 Å². The molecule has 2 aromatic heterocycles. The van der Waals surface area contributed by atoms with Crippen LogP contribution in [0.15, 0.2) is 79.1 Å². The summed E-state index contributed by atoms with van der Waals surface area (Å²) in [7, 11) is 3.29. The number of amides is 1. The lowest BCUT2D eigenvalue weighted by molar-refractivity contribution is -0.133. The number of methoxy groups -OCH3 is 2. The third kappa shape index (κ3) is 6.32. The summed E-state index contributed by atoms with van der Waals surface area (Å²) in [6, 6.07) is 20.3. The van der Waals surface area contributed by atoms with Crippen LogP contribution in [0.5, 0.6) is 11.5 Å². The first-order chi connectivity index (χ1) is 19.0. The van der Waals surface area contributed by atoms with Gasteiger partial charge in [0.25, 0.3) is 0 Å². The van der Waals surface area contributed by atoms with Crippen molar-refractivity contribution in [1.29, 1.82) is 0 Å². The molecule has 0 bridgehead atoms. The summed E-state index contributed by atoms with van der Waals surface area (Å²) in [4.78, 5) is 22.7. The van der Waals surface area contributed by atoms with Crippen molar-refractivity contribution in [2.75, 3.05) is 46.9 Å². The minimum atomic E-state index is -0.203.